The number of benzene rings is 1. The zero-order chi connectivity index (χ0) is 14.1. The van der Waals surface area contributed by atoms with Gasteiger partial charge in [-0.15, -0.1) is 0 Å². The molecule has 1 aliphatic rings. The molecule has 0 unspecified atom stereocenters. The summed E-state index contributed by atoms with van der Waals surface area (Å²) in [6.45, 7) is 1.22. The van der Waals surface area contributed by atoms with Gasteiger partial charge in [0.05, 0.1) is 12.6 Å². The van der Waals surface area contributed by atoms with Crippen LogP contribution in [0.5, 0.6) is 5.75 Å². The van der Waals surface area contributed by atoms with E-state index in [4.69, 9.17) is 9.84 Å². The molecule has 0 spiro atoms. The van der Waals surface area contributed by atoms with E-state index in [2.05, 4.69) is 11.1 Å². The van der Waals surface area contributed by atoms with E-state index < -0.39 is 6.09 Å². The van der Waals surface area contributed by atoms with E-state index in [9.17, 15) is 4.79 Å². The van der Waals surface area contributed by atoms with Crippen LogP contribution in [0.25, 0.3) is 10.9 Å². The monoisotopic (exact) mass is 274 g/mol. The average Bonchev–Trinajstić information content (AvgIpc) is 2.91. The Bertz CT molecular complexity index is 627. The molecule has 2 heterocycles. The number of nitrogens with one attached hydrogen (secondary N) is 1. The molecule has 2 N–H and O–H groups in total. The summed E-state index contributed by atoms with van der Waals surface area (Å²) in [6.07, 6.45) is 2.96. The Kier molecular flexibility index (Phi) is 3.26. The Morgan fingerprint density at radius 1 is 1.40 bits per heavy atom. The van der Waals surface area contributed by atoms with Crippen LogP contribution in [0, 0.1) is 0 Å². The molecule has 0 bridgehead atoms. The molecule has 0 saturated carbocycles. The number of para-hydroxylation sites is 1. The second-order valence-electron chi connectivity index (χ2n) is 5.17. The van der Waals surface area contributed by atoms with Gasteiger partial charge in [0.1, 0.15) is 5.75 Å². The lowest BCUT2D eigenvalue weighted by atomic mass is 9.89. The van der Waals surface area contributed by atoms with Gasteiger partial charge in [-0.2, -0.15) is 0 Å². The predicted octanol–water partition coefficient (Wildman–Crippen LogP) is 3.03. The fourth-order valence-corrected chi connectivity index (χ4v) is 3.04. The van der Waals surface area contributed by atoms with Crippen LogP contribution >= 0.6 is 0 Å². The Labute approximate surface area is 117 Å². The molecular weight excluding hydrogens is 256 g/mol. The maximum atomic E-state index is 10.9. The van der Waals surface area contributed by atoms with E-state index in [-0.39, 0.29) is 0 Å². The number of methoxy groups -OCH3 is 1. The van der Waals surface area contributed by atoms with E-state index in [1.54, 1.807) is 7.11 Å². The highest BCUT2D eigenvalue weighted by Crippen LogP contribution is 2.35. The van der Waals surface area contributed by atoms with Gasteiger partial charge >= 0.3 is 6.09 Å². The molecule has 5 nitrogen and oxygen atoms in total. The molecule has 1 fully saturated rings. The number of hydrogen-bond donors (Lipinski definition) is 2. The van der Waals surface area contributed by atoms with Crippen LogP contribution in [0.4, 0.5) is 4.79 Å². The molecule has 1 aromatic heterocycles. The van der Waals surface area contributed by atoms with Crippen molar-refractivity contribution < 1.29 is 14.6 Å². The quantitative estimate of drug-likeness (QED) is 0.884. The van der Waals surface area contributed by atoms with Gasteiger partial charge in [0.2, 0.25) is 0 Å². The highest BCUT2D eigenvalue weighted by Gasteiger charge is 2.25. The highest BCUT2D eigenvalue weighted by atomic mass is 16.5. The SMILES string of the molecule is COc1cccc2c(C3CCN(C(=O)O)CC3)c[nH]c12. The smallest absolute Gasteiger partial charge is 0.407 e. The zero-order valence-corrected chi connectivity index (χ0v) is 11.4. The number of fused-ring (bicyclic) bond motifs is 1. The maximum Gasteiger partial charge on any atom is 0.407 e. The number of likely N-dealkylation sites (tertiary alicyclic amines) is 1. The highest BCUT2D eigenvalue weighted by molar-refractivity contribution is 5.88. The summed E-state index contributed by atoms with van der Waals surface area (Å²) in [6, 6.07) is 6.02. The van der Waals surface area contributed by atoms with Crippen molar-refractivity contribution >= 4 is 17.0 Å². The number of rotatable bonds is 2. The molecule has 2 aromatic rings. The minimum absolute atomic E-state index is 0.409. The topological polar surface area (TPSA) is 65.6 Å². The van der Waals surface area contributed by atoms with Crippen LogP contribution in [0.3, 0.4) is 0 Å². The largest absolute Gasteiger partial charge is 0.495 e. The lowest BCUT2D eigenvalue weighted by Crippen LogP contribution is -2.36. The van der Waals surface area contributed by atoms with Crippen molar-refractivity contribution in [2.45, 2.75) is 18.8 Å². The molecule has 0 atom stereocenters. The van der Waals surface area contributed by atoms with Crippen LogP contribution in [-0.4, -0.2) is 41.3 Å². The number of carbonyl (C=O) groups is 1. The van der Waals surface area contributed by atoms with Gasteiger partial charge in [-0.1, -0.05) is 12.1 Å². The van der Waals surface area contributed by atoms with E-state index in [0.717, 1.165) is 24.1 Å². The Morgan fingerprint density at radius 3 is 2.80 bits per heavy atom. The van der Waals surface area contributed by atoms with Gasteiger partial charge in [0.25, 0.3) is 0 Å². The average molecular weight is 274 g/mol. The normalized spacial score (nSPS) is 16.6. The van der Waals surface area contributed by atoms with Crippen molar-refractivity contribution in [3.8, 4) is 5.75 Å². The van der Waals surface area contributed by atoms with Gasteiger partial charge in [-0.3, -0.25) is 0 Å². The van der Waals surface area contributed by atoms with Gasteiger partial charge in [0.15, 0.2) is 0 Å². The second kappa shape index (κ2) is 5.07. The van der Waals surface area contributed by atoms with E-state index in [1.165, 1.54) is 15.8 Å². The standard InChI is InChI=1S/C15H18N2O3/c1-20-13-4-2-3-11-12(9-16-14(11)13)10-5-7-17(8-6-10)15(18)19/h2-4,9-10,16H,5-8H2,1H3,(H,18,19). The molecule has 5 heteroatoms. The molecule has 0 radical (unpaired) electrons. The minimum Gasteiger partial charge on any atom is -0.495 e. The Balaban J connectivity index is 1.87. The summed E-state index contributed by atoms with van der Waals surface area (Å²) < 4.78 is 5.36. The van der Waals surface area contributed by atoms with Gasteiger partial charge in [-0.05, 0) is 30.4 Å². The summed E-state index contributed by atoms with van der Waals surface area (Å²) in [7, 11) is 1.67. The number of piperidine rings is 1. The van der Waals surface area contributed by atoms with E-state index in [1.807, 2.05) is 18.3 Å². The van der Waals surface area contributed by atoms with Crippen LogP contribution in [0.1, 0.15) is 24.3 Å². The van der Waals surface area contributed by atoms with Crippen LogP contribution in [0.15, 0.2) is 24.4 Å². The first kappa shape index (κ1) is 12.8. The second-order valence-corrected chi connectivity index (χ2v) is 5.17. The summed E-state index contributed by atoms with van der Waals surface area (Å²) in [5.74, 6) is 1.25. The van der Waals surface area contributed by atoms with E-state index >= 15 is 0 Å². The zero-order valence-electron chi connectivity index (χ0n) is 11.4. The fourth-order valence-electron chi connectivity index (χ4n) is 3.04. The molecule has 106 valence electrons. The summed E-state index contributed by atoms with van der Waals surface area (Å²) >= 11 is 0. The van der Waals surface area contributed by atoms with Crippen molar-refractivity contribution in [1.29, 1.82) is 0 Å². The molecule has 1 amide bonds. The number of aromatic nitrogens is 1. The van der Waals surface area contributed by atoms with E-state index in [0.29, 0.717) is 19.0 Å². The first-order valence-corrected chi connectivity index (χ1v) is 6.82. The van der Waals surface area contributed by atoms with Crippen molar-refractivity contribution in [1.82, 2.24) is 9.88 Å². The number of aromatic amines is 1. The maximum absolute atomic E-state index is 10.9. The van der Waals surface area contributed by atoms with Crippen LogP contribution in [0.2, 0.25) is 0 Å². The van der Waals surface area contributed by atoms with Crippen molar-refractivity contribution in [2.75, 3.05) is 20.2 Å². The van der Waals surface area contributed by atoms with Gasteiger partial charge in [0, 0.05) is 24.7 Å². The minimum atomic E-state index is -0.816. The summed E-state index contributed by atoms with van der Waals surface area (Å²) in [4.78, 5) is 15.7. The number of hydrogen-bond acceptors (Lipinski definition) is 2. The van der Waals surface area contributed by atoms with Crippen LogP contribution < -0.4 is 4.74 Å². The van der Waals surface area contributed by atoms with Crippen molar-refractivity contribution in [2.24, 2.45) is 0 Å². The number of amides is 1. The lowest BCUT2D eigenvalue weighted by molar-refractivity contribution is 0.132. The molecule has 1 saturated heterocycles. The third-order valence-corrected chi connectivity index (χ3v) is 4.13. The summed E-state index contributed by atoms with van der Waals surface area (Å²) in [5.41, 5.74) is 2.29. The summed E-state index contributed by atoms with van der Waals surface area (Å²) in [5, 5.41) is 10.2. The number of nitrogens with zero attached hydrogens (tertiary/aromatic N) is 1. The molecule has 1 aromatic carbocycles. The molecule has 1 aliphatic heterocycles. The number of carboxylic acid groups (broad SMARTS) is 1. The first-order valence-electron chi connectivity index (χ1n) is 6.82. The fraction of sp³-hybridized carbons (Fsp3) is 0.400. The Morgan fingerprint density at radius 2 is 2.15 bits per heavy atom. The molecule has 0 aliphatic carbocycles. The van der Waals surface area contributed by atoms with Gasteiger partial charge < -0.3 is 19.7 Å². The van der Waals surface area contributed by atoms with Gasteiger partial charge in [-0.25, -0.2) is 4.79 Å². The molecular formula is C15H18N2O3. The molecule has 3 rings (SSSR count). The van der Waals surface area contributed by atoms with Crippen molar-refractivity contribution in [3.05, 3.63) is 30.0 Å². The predicted molar refractivity (Wildman–Crippen MR) is 76.4 cm³/mol. The third kappa shape index (κ3) is 2.09. The van der Waals surface area contributed by atoms with Crippen LogP contribution in [-0.2, 0) is 0 Å². The Hall–Kier alpha value is -2.17. The third-order valence-electron chi connectivity index (χ3n) is 4.13. The lowest BCUT2D eigenvalue weighted by Gasteiger charge is -2.29. The van der Waals surface area contributed by atoms with Crippen molar-refractivity contribution in [3.63, 3.8) is 0 Å². The number of ether oxygens (including phenoxy) is 1. The molecule has 20 heavy (non-hydrogen) atoms. The first-order chi connectivity index (χ1) is 9.70. The number of H-pyrrole nitrogens is 1.